The highest BCUT2D eigenvalue weighted by molar-refractivity contribution is 6.10. The number of halogens is 2. The third-order valence-electron chi connectivity index (χ3n) is 8.64. The molecule has 0 spiro atoms. The van der Waals surface area contributed by atoms with Crippen LogP contribution in [-0.4, -0.2) is 74.1 Å². The van der Waals surface area contributed by atoms with Gasteiger partial charge in [0.25, 0.3) is 5.91 Å². The van der Waals surface area contributed by atoms with Crippen molar-refractivity contribution in [1.29, 1.82) is 0 Å². The van der Waals surface area contributed by atoms with Gasteiger partial charge in [0, 0.05) is 41.6 Å². The Kier molecular flexibility index (Phi) is 10.5. The molecule has 0 radical (unpaired) electrons. The van der Waals surface area contributed by atoms with Crippen LogP contribution in [0.4, 0.5) is 19.3 Å². The van der Waals surface area contributed by atoms with Crippen LogP contribution >= 0.6 is 0 Å². The molecule has 4 aromatic rings. The SMILES string of the molecule is CC1(N[C@@H]2CCC[C@H](NC(=O)c3cc(COC(=O)NCC(=O)Nc4ccccc4C(=O)O)ccn3)C2)N=C(c2c[nH]c3ncc(F)cc23)NC=C1F. The van der Waals surface area contributed by atoms with Crippen LogP contribution in [0.25, 0.3) is 11.0 Å². The number of aliphatic imine (C=N–C) groups is 1. The molecule has 2 aliphatic rings. The van der Waals surface area contributed by atoms with Gasteiger partial charge in [0.2, 0.25) is 5.91 Å². The van der Waals surface area contributed by atoms with Gasteiger partial charge in [0.1, 0.15) is 36.1 Å². The molecule has 17 heteroatoms. The molecule has 1 aromatic carbocycles. The second-order valence-corrected chi connectivity index (χ2v) is 12.5. The molecule has 4 heterocycles. The number of hydrogen-bond donors (Lipinski definition) is 7. The van der Waals surface area contributed by atoms with E-state index >= 15 is 4.39 Å². The van der Waals surface area contributed by atoms with Gasteiger partial charge in [-0.25, -0.2) is 28.3 Å². The first-order valence-electron chi connectivity index (χ1n) is 16.4. The number of carbonyl (C=O) groups excluding carboxylic acids is 3. The van der Waals surface area contributed by atoms with Gasteiger partial charge in [0.15, 0.2) is 11.5 Å². The van der Waals surface area contributed by atoms with Crippen molar-refractivity contribution in [1.82, 2.24) is 36.2 Å². The van der Waals surface area contributed by atoms with Crippen molar-refractivity contribution in [3.05, 3.63) is 101 Å². The number of pyridine rings is 2. The van der Waals surface area contributed by atoms with Crippen LogP contribution in [0.15, 0.2) is 78.1 Å². The number of carboxylic acids is 1. The van der Waals surface area contributed by atoms with Gasteiger partial charge in [0.05, 0.1) is 17.4 Å². The van der Waals surface area contributed by atoms with Crippen molar-refractivity contribution in [2.75, 3.05) is 11.9 Å². The second kappa shape index (κ2) is 15.3. The highest BCUT2D eigenvalue weighted by Crippen LogP contribution is 2.29. The summed E-state index contributed by atoms with van der Waals surface area (Å²) in [4.78, 5) is 64.8. The van der Waals surface area contributed by atoms with Gasteiger partial charge in [-0.1, -0.05) is 12.1 Å². The average molecular weight is 716 g/mol. The number of para-hydroxylation sites is 1. The van der Waals surface area contributed by atoms with Crippen LogP contribution in [-0.2, 0) is 16.1 Å². The fourth-order valence-electron chi connectivity index (χ4n) is 6.12. The maximum absolute atomic E-state index is 15.3. The summed E-state index contributed by atoms with van der Waals surface area (Å²) in [7, 11) is 0. The zero-order valence-electron chi connectivity index (χ0n) is 27.8. The van der Waals surface area contributed by atoms with E-state index in [2.05, 4.69) is 46.5 Å². The summed E-state index contributed by atoms with van der Waals surface area (Å²) in [6.45, 7) is 0.930. The number of anilines is 1. The Hall–Kier alpha value is -6.23. The molecule has 15 nitrogen and oxygen atoms in total. The van der Waals surface area contributed by atoms with E-state index in [1.165, 1.54) is 42.7 Å². The molecule has 0 bridgehead atoms. The lowest BCUT2D eigenvalue weighted by molar-refractivity contribution is -0.115. The molecule has 0 saturated heterocycles. The smallest absolute Gasteiger partial charge is 0.407 e. The van der Waals surface area contributed by atoms with Crippen LogP contribution in [0, 0.1) is 5.82 Å². The van der Waals surface area contributed by atoms with Crippen molar-refractivity contribution in [3.8, 4) is 0 Å². The average Bonchev–Trinajstić information content (AvgIpc) is 3.54. The molecule has 1 aliphatic heterocycles. The molecule has 1 saturated carbocycles. The molecule has 3 atom stereocenters. The fraction of sp³-hybridized carbons (Fsp3) is 0.286. The van der Waals surface area contributed by atoms with Crippen LogP contribution in [0.1, 0.15) is 64.6 Å². The minimum atomic E-state index is -1.42. The molecule has 52 heavy (non-hydrogen) atoms. The summed E-state index contributed by atoms with van der Waals surface area (Å²) in [5.41, 5.74) is 0.155. The number of fused-ring (bicyclic) bond motifs is 1. The maximum atomic E-state index is 15.3. The van der Waals surface area contributed by atoms with E-state index < -0.39 is 47.7 Å². The predicted molar refractivity (Wildman–Crippen MR) is 184 cm³/mol. The first kappa shape index (κ1) is 35.6. The Morgan fingerprint density at radius 2 is 1.88 bits per heavy atom. The fourth-order valence-corrected chi connectivity index (χ4v) is 6.12. The number of hydrogen-bond acceptors (Lipinski definition) is 10. The molecule has 270 valence electrons. The first-order valence-corrected chi connectivity index (χ1v) is 16.4. The first-order chi connectivity index (χ1) is 25.0. The Labute approximate surface area is 295 Å². The lowest BCUT2D eigenvalue weighted by Crippen LogP contribution is -2.54. The third-order valence-corrected chi connectivity index (χ3v) is 8.64. The highest BCUT2D eigenvalue weighted by atomic mass is 19.1. The van der Waals surface area contributed by atoms with Gasteiger partial charge in [-0.15, -0.1) is 0 Å². The predicted octanol–water partition coefficient (Wildman–Crippen LogP) is 3.87. The molecular weight excluding hydrogens is 680 g/mol. The molecule has 1 fully saturated rings. The van der Waals surface area contributed by atoms with Crippen LogP contribution in [0.3, 0.4) is 0 Å². The number of benzene rings is 1. The lowest BCUT2D eigenvalue weighted by atomic mass is 9.89. The standard InChI is InChI=1S/C35H35F2N9O6/c1-35(28(37)16-41-31(46-35)25-15-40-30-24(25)12-20(36)14-39-30)45-22-6-4-5-21(13-22)43-32(48)27-11-19(9-10-38-27)18-52-34(51)42-17-29(47)44-26-8-3-2-7-23(26)33(49)50/h2-3,7-12,14-16,21-22,45H,4-6,13,17-18H2,1H3,(H,39,40)(H,41,46)(H,42,51)(H,43,48)(H,44,47)(H,49,50)/t21-,22+,35?/m0/s1. The minimum absolute atomic E-state index is 0.0859. The van der Waals surface area contributed by atoms with Crippen molar-refractivity contribution in [3.63, 3.8) is 0 Å². The van der Waals surface area contributed by atoms with Gasteiger partial charge in [-0.05, 0) is 68.5 Å². The number of carboxylic acid groups (broad SMARTS) is 1. The third kappa shape index (κ3) is 8.38. The molecule has 7 N–H and O–H groups in total. The number of nitrogens with one attached hydrogen (secondary N) is 6. The molecular formula is C35H35F2N9O6. The highest BCUT2D eigenvalue weighted by Gasteiger charge is 2.37. The minimum Gasteiger partial charge on any atom is -0.478 e. The van der Waals surface area contributed by atoms with E-state index in [4.69, 9.17) is 4.74 Å². The largest absolute Gasteiger partial charge is 0.478 e. The summed E-state index contributed by atoms with van der Waals surface area (Å²) in [6.07, 6.45) is 7.13. The van der Waals surface area contributed by atoms with E-state index in [1.54, 1.807) is 25.3 Å². The van der Waals surface area contributed by atoms with Gasteiger partial charge in [-0.2, -0.15) is 0 Å². The van der Waals surface area contributed by atoms with Crippen LogP contribution in [0.2, 0.25) is 0 Å². The normalized spacial score (nSPS) is 19.8. The lowest BCUT2D eigenvalue weighted by Gasteiger charge is -2.37. The van der Waals surface area contributed by atoms with Crippen molar-refractivity contribution in [2.24, 2.45) is 4.99 Å². The van der Waals surface area contributed by atoms with Crippen molar-refractivity contribution >= 4 is 46.4 Å². The zero-order chi connectivity index (χ0) is 36.8. The van der Waals surface area contributed by atoms with Crippen LogP contribution < -0.4 is 26.6 Å². The Morgan fingerprint density at radius 3 is 2.71 bits per heavy atom. The van der Waals surface area contributed by atoms with E-state index in [-0.39, 0.29) is 35.6 Å². The van der Waals surface area contributed by atoms with E-state index in [1.807, 2.05) is 0 Å². The number of aromatic amines is 1. The number of rotatable bonds is 11. The summed E-state index contributed by atoms with van der Waals surface area (Å²) >= 11 is 0. The number of H-pyrrole nitrogens is 1. The molecule has 6 rings (SSSR count). The Bertz CT molecular complexity index is 2090. The van der Waals surface area contributed by atoms with E-state index in [0.717, 1.165) is 19.0 Å². The van der Waals surface area contributed by atoms with Crippen LogP contribution in [0.5, 0.6) is 0 Å². The number of alkyl carbamates (subject to hydrolysis) is 1. The van der Waals surface area contributed by atoms with Crippen molar-refractivity contribution < 1.29 is 37.8 Å². The molecule has 1 unspecified atom stereocenters. The topological polar surface area (TPSA) is 212 Å². The Morgan fingerprint density at radius 1 is 1.08 bits per heavy atom. The van der Waals surface area contributed by atoms with Gasteiger partial charge >= 0.3 is 12.1 Å². The molecule has 3 aromatic heterocycles. The second-order valence-electron chi connectivity index (χ2n) is 12.5. The van der Waals surface area contributed by atoms with E-state index in [9.17, 15) is 28.7 Å². The van der Waals surface area contributed by atoms with E-state index in [0.29, 0.717) is 40.8 Å². The number of aromatic carboxylic acids is 1. The van der Waals surface area contributed by atoms with Crippen molar-refractivity contribution in [2.45, 2.75) is 57.0 Å². The number of ether oxygens (including phenoxy) is 1. The quantitative estimate of drug-likeness (QED) is 0.119. The monoisotopic (exact) mass is 715 g/mol. The number of amidine groups is 1. The summed E-state index contributed by atoms with van der Waals surface area (Å²) < 4.78 is 34.4. The number of carbonyl (C=O) groups is 4. The summed E-state index contributed by atoms with van der Waals surface area (Å²) in [5, 5.41) is 23.6. The van der Waals surface area contributed by atoms with Gasteiger partial charge in [-0.3, -0.25) is 19.9 Å². The summed E-state index contributed by atoms with van der Waals surface area (Å²) in [6, 6.07) is 9.78. The number of aromatic nitrogens is 3. The Balaban J connectivity index is 1.00. The number of nitrogens with zero attached hydrogens (tertiary/aromatic N) is 3. The van der Waals surface area contributed by atoms with Gasteiger partial charge < -0.3 is 36.1 Å². The zero-order valence-corrected chi connectivity index (χ0v) is 27.8. The molecule has 1 aliphatic carbocycles. The maximum Gasteiger partial charge on any atom is 0.407 e. The molecule has 3 amide bonds. The number of amides is 3. The summed E-state index contributed by atoms with van der Waals surface area (Å²) in [5.74, 6) is -3.00.